The highest BCUT2D eigenvalue weighted by Crippen LogP contribution is 2.36. The molecule has 0 saturated heterocycles. The third kappa shape index (κ3) is 4.84. The molecule has 0 bridgehead atoms. The van der Waals surface area contributed by atoms with Crippen molar-refractivity contribution in [3.63, 3.8) is 0 Å². The quantitative estimate of drug-likeness (QED) is 0.879. The number of hydrogen-bond donors (Lipinski definition) is 2. The Bertz CT molecular complexity index is 508. The first-order valence-electron chi connectivity index (χ1n) is 7.43. The van der Waals surface area contributed by atoms with Gasteiger partial charge >= 0.3 is 6.03 Å². The molecule has 5 heteroatoms. The first-order valence-corrected chi connectivity index (χ1v) is 8.98. The first kappa shape index (κ1) is 16.0. The van der Waals surface area contributed by atoms with Crippen molar-refractivity contribution in [2.75, 3.05) is 12.8 Å². The van der Waals surface area contributed by atoms with Crippen LogP contribution in [0.2, 0.25) is 0 Å². The third-order valence-corrected chi connectivity index (χ3v) is 5.13. The molecule has 1 aromatic carbocycles. The number of nitrogens with one attached hydrogen (secondary N) is 2. The number of carbonyl (C=O) groups is 1. The minimum atomic E-state index is -0.959. The Hall–Kier alpha value is -1.36. The van der Waals surface area contributed by atoms with E-state index in [2.05, 4.69) is 17.6 Å². The molecular weight excluding hydrogens is 284 g/mol. The number of hydrogen-bond acceptors (Lipinski definition) is 2. The van der Waals surface area contributed by atoms with Gasteiger partial charge in [-0.25, -0.2) is 4.79 Å². The Morgan fingerprint density at radius 1 is 1.19 bits per heavy atom. The topological polar surface area (TPSA) is 58.2 Å². The summed E-state index contributed by atoms with van der Waals surface area (Å²) >= 11 is 0. The third-order valence-electron chi connectivity index (χ3n) is 4.19. The summed E-state index contributed by atoms with van der Waals surface area (Å²) in [5, 5.41) is 5.83. The molecule has 1 unspecified atom stereocenters. The fourth-order valence-corrected chi connectivity index (χ4v) is 3.26. The summed E-state index contributed by atoms with van der Waals surface area (Å²) in [6.07, 6.45) is 6.59. The number of amides is 2. The van der Waals surface area contributed by atoms with Gasteiger partial charge in [-0.1, -0.05) is 31.9 Å². The fraction of sp³-hybridized carbons (Fsp3) is 0.562. The maximum absolute atomic E-state index is 11.8. The van der Waals surface area contributed by atoms with Gasteiger partial charge < -0.3 is 10.6 Å². The molecule has 2 amide bonds. The second-order valence-corrected chi connectivity index (χ2v) is 7.53. The molecular formula is C16H24N2O2S. The lowest BCUT2D eigenvalue weighted by atomic mass is 9.89. The van der Waals surface area contributed by atoms with E-state index >= 15 is 0 Å². The number of carbonyl (C=O) groups excluding carboxylic acids is 1. The van der Waals surface area contributed by atoms with E-state index in [1.54, 1.807) is 6.26 Å². The van der Waals surface area contributed by atoms with Crippen molar-refractivity contribution in [3.05, 3.63) is 29.8 Å². The largest absolute Gasteiger partial charge is 0.338 e. The molecule has 4 nitrogen and oxygen atoms in total. The molecule has 21 heavy (non-hydrogen) atoms. The maximum atomic E-state index is 11.8. The summed E-state index contributed by atoms with van der Waals surface area (Å²) in [5.41, 5.74) is 1.27. The van der Waals surface area contributed by atoms with Crippen LogP contribution in [0.4, 0.5) is 4.79 Å². The van der Waals surface area contributed by atoms with Crippen molar-refractivity contribution < 1.29 is 9.00 Å². The van der Waals surface area contributed by atoms with Gasteiger partial charge in [0, 0.05) is 35.0 Å². The second kappa shape index (κ2) is 7.07. The van der Waals surface area contributed by atoms with E-state index in [4.69, 9.17) is 0 Å². The van der Waals surface area contributed by atoms with Crippen LogP contribution in [0.5, 0.6) is 0 Å². The monoisotopic (exact) mass is 308 g/mol. The lowest BCUT2D eigenvalue weighted by molar-refractivity contribution is 0.231. The zero-order chi connectivity index (χ0) is 15.3. The van der Waals surface area contributed by atoms with Crippen LogP contribution in [0.3, 0.4) is 0 Å². The molecule has 116 valence electrons. The Morgan fingerprint density at radius 3 is 2.38 bits per heavy atom. The summed E-state index contributed by atoms with van der Waals surface area (Å²) < 4.78 is 11.3. The zero-order valence-corrected chi connectivity index (χ0v) is 13.6. The first-order chi connectivity index (χ1) is 9.98. The van der Waals surface area contributed by atoms with Gasteiger partial charge in [0.15, 0.2) is 0 Å². The van der Waals surface area contributed by atoms with Crippen LogP contribution < -0.4 is 10.6 Å². The SMILES string of the molecule is CS(=O)c1ccc(CNC(=O)NCC2(C)CCCC2)cc1. The second-order valence-electron chi connectivity index (χ2n) is 6.15. The minimum absolute atomic E-state index is 0.119. The lowest BCUT2D eigenvalue weighted by Crippen LogP contribution is -2.40. The molecule has 2 rings (SSSR count). The van der Waals surface area contributed by atoms with Gasteiger partial charge in [-0.15, -0.1) is 0 Å². The van der Waals surface area contributed by atoms with Crippen LogP contribution >= 0.6 is 0 Å². The summed E-state index contributed by atoms with van der Waals surface area (Å²) in [6.45, 7) is 3.47. The van der Waals surface area contributed by atoms with Crippen LogP contribution in [-0.4, -0.2) is 23.0 Å². The number of rotatable bonds is 5. The highest BCUT2D eigenvalue weighted by Gasteiger charge is 2.28. The molecule has 0 aliphatic heterocycles. The predicted molar refractivity (Wildman–Crippen MR) is 85.6 cm³/mol. The van der Waals surface area contributed by atoms with Crippen molar-refractivity contribution in [1.82, 2.24) is 10.6 Å². The van der Waals surface area contributed by atoms with Crippen molar-refractivity contribution in [2.24, 2.45) is 5.41 Å². The molecule has 1 aromatic rings. The van der Waals surface area contributed by atoms with Gasteiger partial charge in [0.25, 0.3) is 0 Å². The van der Waals surface area contributed by atoms with Crippen LogP contribution in [0.25, 0.3) is 0 Å². The summed E-state index contributed by atoms with van der Waals surface area (Å²) in [5.74, 6) is 0. The van der Waals surface area contributed by atoms with Crippen molar-refractivity contribution in [1.29, 1.82) is 0 Å². The summed E-state index contributed by atoms with van der Waals surface area (Å²) in [7, 11) is -0.959. The average Bonchev–Trinajstić information content (AvgIpc) is 2.91. The van der Waals surface area contributed by atoms with Crippen LogP contribution in [-0.2, 0) is 17.3 Å². The van der Waals surface area contributed by atoms with E-state index in [-0.39, 0.29) is 11.4 Å². The van der Waals surface area contributed by atoms with E-state index in [0.29, 0.717) is 6.54 Å². The van der Waals surface area contributed by atoms with Crippen LogP contribution in [0.1, 0.15) is 38.2 Å². The van der Waals surface area contributed by atoms with Crippen LogP contribution in [0, 0.1) is 5.41 Å². The average molecular weight is 308 g/mol. The van der Waals surface area contributed by atoms with Gasteiger partial charge in [-0.05, 0) is 36.0 Å². The molecule has 2 N–H and O–H groups in total. The highest BCUT2D eigenvalue weighted by atomic mass is 32.2. The van der Waals surface area contributed by atoms with Gasteiger partial charge in [-0.3, -0.25) is 4.21 Å². The van der Waals surface area contributed by atoms with Crippen molar-refractivity contribution in [3.8, 4) is 0 Å². The predicted octanol–water partition coefficient (Wildman–Crippen LogP) is 2.80. The molecule has 0 spiro atoms. The summed E-state index contributed by atoms with van der Waals surface area (Å²) in [6, 6.07) is 7.35. The highest BCUT2D eigenvalue weighted by molar-refractivity contribution is 7.84. The zero-order valence-electron chi connectivity index (χ0n) is 12.8. The molecule has 1 aliphatic carbocycles. The molecule has 0 heterocycles. The molecule has 1 aliphatic rings. The minimum Gasteiger partial charge on any atom is -0.338 e. The Morgan fingerprint density at radius 2 is 1.81 bits per heavy atom. The molecule has 1 saturated carbocycles. The number of benzene rings is 1. The van der Waals surface area contributed by atoms with E-state index in [1.165, 1.54) is 25.7 Å². The maximum Gasteiger partial charge on any atom is 0.315 e. The normalized spacial score (nSPS) is 18.2. The van der Waals surface area contributed by atoms with Gasteiger partial charge in [-0.2, -0.15) is 0 Å². The lowest BCUT2D eigenvalue weighted by Gasteiger charge is -2.23. The van der Waals surface area contributed by atoms with E-state index in [1.807, 2.05) is 24.3 Å². The van der Waals surface area contributed by atoms with Crippen molar-refractivity contribution in [2.45, 2.75) is 44.0 Å². The Labute approximate surface area is 129 Å². The Kier molecular flexibility index (Phi) is 5.39. The fourth-order valence-electron chi connectivity index (χ4n) is 2.74. The van der Waals surface area contributed by atoms with Gasteiger partial charge in [0.05, 0.1) is 0 Å². The van der Waals surface area contributed by atoms with E-state index in [0.717, 1.165) is 17.0 Å². The Balaban J connectivity index is 1.74. The van der Waals surface area contributed by atoms with E-state index < -0.39 is 10.8 Å². The van der Waals surface area contributed by atoms with Crippen LogP contribution in [0.15, 0.2) is 29.2 Å². The standard InChI is InChI=1S/C16H24N2O2S/c1-16(9-3-4-10-16)12-18-15(19)17-11-13-5-7-14(8-6-13)21(2)20/h5-8H,3-4,9-12H2,1-2H3,(H2,17,18,19). The molecule has 1 atom stereocenters. The van der Waals surface area contributed by atoms with E-state index in [9.17, 15) is 9.00 Å². The van der Waals surface area contributed by atoms with Gasteiger partial charge in [0.2, 0.25) is 0 Å². The number of urea groups is 1. The summed E-state index contributed by atoms with van der Waals surface area (Å²) in [4.78, 5) is 12.6. The van der Waals surface area contributed by atoms with Gasteiger partial charge in [0.1, 0.15) is 0 Å². The molecule has 0 radical (unpaired) electrons. The smallest absolute Gasteiger partial charge is 0.315 e. The molecule has 1 fully saturated rings. The molecule has 0 aromatic heterocycles. The van der Waals surface area contributed by atoms with Crippen molar-refractivity contribution >= 4 is 16.8 Å².